The van der Waals surface area contributed by atoms with Gasteiger partial charge in [0.1, 0.15) is 12.6 Å². The van der Waals surface area contributed by atoms with Gasteiger partial charge in [0, 0.05) is 37.5 Å². The molecule has 0 saturated carbocycles. The topological polar surface area (TPSA) is 92.2 Å². The Bertz CT molecular complexity index is 844. The van der Waals surface area contributed by atoms with Gasteiger partial charge in [0.25, 0.3) is 5.91 Å². The van der Waals surface area contributed by atoms with E-state index < -0.39 is 12.1 Å². The van der Waals surface area contributed by atoms with Crippen molar-refractivity contribution in [1.29, 1.82) is 0 Å². The second-order valence-electron chi connectivity index (χ2n) is 7.04. The number of hydrogen-bond acceptors (Lipinski definition) is 4. The number of rotatable bonds is 5. The molecule has 2 fully saturated rings. The predicted octanol–water partition coefficient (Wildman–Crippen LogP) is 1.02. The van der Waals surface area contributed by atoms with Gasteiger partial charge in [-0.3, -0.25) is 9.59 Å². The van der Waals surface area contributed by atoms with Crippen molar-refractivity contribution in [2.24, 2.45) is 5.92 Å². The third-order valence-corrected chi connectivity index (χ3v) is 5.17. The van der Waals surface area contributed by atoms with Gasteiger partial charge in [0.15, 0.2) is 0 Å². The molecule has 0 aromatic carbocycles. The number of nitrogens with one attached hydrogen (secondary N) is 2. The summed E-state index contributed by atoms with van der Waals surface area (Å²) in [6.45, 7) is 1.99. The number of aromatic nitrogens is 1. The Kier molecular flexibility index (Phi) is 4.70. The first-order valence-corrected chi connectivity index (χ1v) is 9.17. The van der Waals surface area contributed by atoms with E-state index in [-0.39, 0.29) is 18.4 Å². The zero-order valence-electron chi connectivity index (χ0n) is 14.9. The third-order valence-electron chi connectivity index (χ3n) is 5.17. The largest absolute Gasteiger partial charge is 0.447 e. The number of alkyl carbamates (subject to hydrolysis) is 1. The minimum Gasteiger partial charge on any atom is -0.447 e. The van der Waals surface area contributed by atoms with Crippen LogP contribution in [0.25, 0.3) is 5.52 Å². The Morgan fingerprint density at radius 3 is 3.00 bits per heavy atom. The maximum absolute atomic E-state index is 12.4. The molecule has 3 amide bonds. The van der Waals surface area contributed by atoms with Crippen molar-refractivity contribution < 1.29 is 19.1 Å². The molecule has 2 aliphatic heterocycles. The molecule has 0 spiro atoms. The van der Waals surface area contributed by atoms with Crippen molar-refractivity contribution in [2.75, 3.05) is 26.2 Å². The molecule has 2 aromatic rings. The smallest absolute Gasteiger partial charge is 0.407 e. The zero-order chi connectivity index (χ0) is 18.8. The molecule has 2 aliphatic rings. The molecule has 0 bridgehead atoms. The SMILES string of the molecule is O=C1NC(C(=O)N2CCC(CCNC(=O)c3cc4ccccn4c3)C2)CO1. The maximum atomic E-state index is 12.4. The Morgan fingerprint density at radius 2 is 2.22 bits per heavy atom. The maximum Gasteiger partial charge on any atom is 0.407 e. The Morgan fingerprint density at radius 1 is 1.33 bits per heavy atom. The Hall–Kier alpha value is -3.03. The summed E-state index contributed by atoms with van der Waals surface area (Å²) in [6, 6.07) is 7.11. The van der Waals surface area contributed by atoms with E-state index in [4.69, 9.17) is 4.74 Å². The lowest BCUT2D eigenvalue weighted by Crippen LogP contribution is -2.44. The summed E-state index contributed by atoms with van der Waals surface area (Å²) in [4.78, 5) is 37.5. The first-order chi connectivity index (χ1) is 13.1. The van der Waals surface area contributed by atoms with E-state index in [1.165, 1.54) is 0 Å². The summed E-state index contributed by atoms with van der Waals surface area (Å²) in [6.07, 6.45) is 4.91. The standard InChI is InChI=1S/C19H22N4O4/c24-17(14-9-15-3-1-2-7-22(15)11-14)20-6-4-13-5-8-23(10-13)18(25)16-12-27-19(26)21-16/h1-3,7,9,11,13,16H,4-6,8,10,12H2,(H,20,24)(H,21,26). The minimum absolute atomic E-state index is 0.0875. The van der Waals surface area contributed by atoms with Gasteiger partial charge in [-0.25, -0.2) is 4.79 Å². The lowest BCUT2D eigenvalue weighted by molar-refractivity contribution is -0.132. The van der Waals surface area contributed by atoms with Crippen molar-refractivity contribution >= 4 is 23.4 Å². The summed E-state index contributed by atoms with van der Waals surface area (Å²) < 4.78 is 6.70. The highest BCUT2D eigenvalue weighted by atomic mass is 16.6. The number of cyclic esters (lactones) is 1. The molecule has 27 heavy (non-hydrogen) atoms. The van der Waals surface area contributed by atoms with Crippen LogP contribution in [0.2, 0.25) is 0 Å². The average Bonchev–Trinajstić information content (AvgIpc) is 3.40. The van der Waals surface area contributed by atoms with Crippen LogP contribution in [0.4, 0.5) is 4.79 Å². The minimum atomic E-state index is -0.570. The molecule has 4 heterocycles. The number of carbonyl (C=O) groups is 3. The normalized spacial score (nSPS) is 21.9. The molecule has 2 aromatic heterocycles. The first-order valence-electron chi connectivity index (χ1n) is 9.17. The number of amides is 3. The third kappa shape index (κ3) is 3.74. The number of fused-ring (bicyclic) bond motifs is 1. The Balaban J connectivity index is 1.23. The van der Waals surface area contributed by atoms with Crippen LogP contribution in [0, 0.1) is 5.92 Å². The fourth-order valence-electron chi connectivity index (χ4n) is 3.68. The molecule has 0 radical (unpaired) electrons. The molecular formula is C19H22N4O4. The molecule has 2 unspecified atom stereocenters. The number of nitrogens with zero attached hydrogens (tertiary/aromatic N) is 2. The molecule has 0 aliphatic carbocycles. The fourth-order valence-corrected chi connectivity index (χ4v) is 3.68. The number of likely N-dealkylation sites (tertiary alicyclic amines) is 1. The Labute approximate surface area is 156 Å². The summed E-state index contributed by atoms with van der Waals surface area (Å²) in [7, 11) is 0. The fraction of sp³-hybridized carbons (Fsp3) is 0.421. The quantitative estimate of drug-likeness (QED) is 0.822. The van der Waals surface area contributed by atoms with Gasteiger partial charge in [-0.2, -0.15) is 0 Å². The van der Waals surface area contributed by atoms with Crippen LogP contribution < -0.4 is 10.6 Å². The van der Waals surface area contributed by atoms with E-state index in [0.29, 0.717) is 31.1 Å². The highest BCUT2D eigenvalue weighted by Gasteiger charge is 2.35. The molecule has 8 heteroatoms. The van der Waals surface area contributed by atoms with Gasteiger partial charge in [-0.05, 0) is 37.0 Å². The number of pyridine rings is 1. The number of hydrogen-bond donors (Lipinski definition) is 2. The van der Waals surface area contributed by atoms with Crippen LogP contribution in [-0.2, 0) is 9.53 Å². The van der Waals surface area contributed by atoms with Gasteiger partial charge in [0.05, 0.1) is 5.56 Å². The monoisotopic (exact) mass is 370 g/mol. The summed E-state index contributed by atoms with van der Waals surface area (Å²) in [5, 5.41) is 5.48. The van der Waals surface area contributed by atoms with E-state index in [1.807, 2.05) is 41.1 Å². The lowest BCUT2D eigenvalue weighted by Gasteiger charge is -2.19. The van der Waals surface area contributed by atoms with Crippen molar-refractivity contribution in [3.8, 4) is 0 Å². The van der Waals surface area contributed by atoms with Crippen LogP contribution in [-0.4, -0.2) is 59.5 Å². The predicted molar refractivity (Wildman–Crippen MR) is 97.3 cm³/mol. The van der Waals surface area contributed by atoms with E-state index in [2.05, 4.69) is 10.6 Å². The molecular weight excluding hydrogens is 348 g/mol. The van der Waals surface area contributed by atoms with E-state index in [1.54, 1.807) is 4.90 Å². The second-order valence-corrected chi connectivity index (χ2v) is 7.04. The van der Waals surface area contributed by atoms with Gasteiger partial charge >= 0.3 is 6.09 Å². The molecule has 2 atom stereocenters. The molecule has 2 saturated heterocycles. The van der Waals surface area contributed by atoms with Crippen LogP contribution in [0.5, 0.6) is 0 Å². The lowest BCUT2D eigenvalue weighted by atomic mass is 10.1. The van der Waals surface area contributed by atoms with Gasteiger partial charge in [-0.15, -0.1) is 0 Å². The molecule has 4 rings (SSSR count). The zero-order valence-corrected chi connectivity index (χ0v) is 14.9. The van der Waals surface area contributed by atoms with Crippen LogP contribution in [0.15, 0.2) is 36.7 Å². The molecule has 2 N–H and O–H groups in total. The van der Waals surface area contributed by atoms with Crippen LogP contribution in [0.3, 0.4) is 0 Å². The number of ether oxygens (including phenoxy) is 1. The average molecular weight is 370 g/mol. The van der Waals surface area contributed by atoms with E-state index in [0.717, 1.165) is 18.4 Å². The van der Waals surface area contributed by atoms with Gasteiger partial charge in [0.2, 0.25) is 5.91 Å². The number of carbonyl (C=O) groups excluding carboxylic acids is 3. The van der Waals surface area contributed by atoms with Crippen molar-refractivity contribution in [3.05, 3.63) is 42.2 Å². The first kappa shape index (κ1) is 17.4. The summed E-state index contributed by atoms with van der Waals surface area (Å²) >= 11 is 0. The van der Waals surface area contributed by atoms with Crippen molar-refractivity contribution in [1.82, 2.24) is 19.9 Å². The summed E-state index contributed by atoms with van der Waals surface area (Å²) in [5.74, 6) is 0.170. The molecule has 8 nitrogen and oxygen atoms in total. The highest BCUT2D eigenvalue weighted by molar-refractivity contribution is 5.95. The van der Waals surface area contributed by atoms with Crippen molar-refractivity contribution in [2.45, 2.75) is 18.9 Å². The second kappa shape index (κ2) is 7.30. The van der Waals surface area contributed by atoms with Gasteiger partial charge < -0.3 is 24.7 Å². The highest BCUT2D eigenvalue weighted by Crippen LogP contribution is 2.20. The van der Waals surface area contributed by atoms with Gasteiger partial charge in [-0.1, -0.05) is 6.07 Å². The summed E-state index contributed by atoms with van der Waals surface area (Å²) in [5.41, 5.74) is 1.62. The molecule has 142 valence electrons. The van der Waals surface area contributed by atoms with Crippen LogP contribution >= 0.6 is 0 Å². The van der Waals surface area contributed by atoms with E-state index in [9.17, 15) is 14.4 Å². The van der Waals surface area contributed by atoms with E-state index >= 15 is 0 Å². The van der Waals surface area contributed by atoms with Crippen LogP contribution in [0.1, 0.15) is 23.2 Å². The van der Waals surface area contributed by atoms with Crippen molar-refractivity contribution in [3.63, 3.8) is 0 Å².